The third-order valence-electron chi connectivity index (χ3n) is 4.33. The molecule has 2 rings (SSSR count). The zero-order valence-corrected chi connectivity index (χ0v) is 13.2. The summed E-state index contributed by atoms with van der Waals surface area (Å²) in [7, 11) is 2.13. The smallest absolute Gasteiger partial charge is 0.0187 e. The van der Waals surface area contributed by atoms with Gasteiger partial charge in [0.15, 0.2) is 0 Å². The van der Waals surface area contributed by atoms with E-state index < -0.39 is 0 Å². The molecular formula is C17H27NS. The van der Waals surface area contributed by atoms with Crippen molar-refractivity contribution in [1.82, 2.24) is 5.32 Å². The second-order valence-corrected chi connectivity index (χ2v) is 7.29. The molecule has 3 atom stereocenters. The fourth-order valence-electron chi connectivity index (χ4n) is 3.50. The number of nitrogens with one attached hydrogen (secondary N) is 1. The minimum absolute atomic E-state index is 0.649. The van der Waals surface area contributed by atoms with Crippen molar-refractivity contribution in [2.45, 2.75) is 44.0 Å². The quantitative estimate of drug-likeness (QED) is 0.799. The highest BCUT2D eigenvalue weighted by molar-refractivity contribution is 7.99. The summed E-state index contributed by atoms with van der Waals surface area (Å²) in [5, 5.41) is 3.56. The van der Waals surface area contributed by atoms with Crippen molar-refractivity contribution < 1.29 is 0 Å². The van der Waals surface area contributed by atoms with Gasteiger partial charge in [-0.3, -0.25) is 0 Å². The second kappa shape index (κ2) is 7.35. The van der Waals surface area contributed by atoms with E-state index in [0.717, 1.165) is 17.8 Å². The molecule has 0 spiro atoms. The van der Waals surface area contributed by atoms with Gasteiger partial charge in [-0.05, 0) is 56.2 Å². The van der Waals surface area contributed by atoms with Crippen LogP contribution in [0.15, 0.2) is 35.2 Å². The number of thioether (sulfide) groups is 1. The molecule has 0 heterocycles. The van der Waals surface area contributed by atoms with E-state index in [4.69, 9.17) is 0 Å². The Morgan fingerprint density at radius 1 is 1.11 bits per heavy atom. The van der Waals surface area contributed by atoms with Crippen molar-refractivity contribution in [1.29, 1.82) is 0 Å². The number of hydrogen-bond acceptors (Lipinski definition) is 2. The Bertz CT molecular complexity index is 355. The van der Waals surface area contributed by atoms with E-state index in [2.05, 4.69) is 56.5 Å². The van der Waals surface area contributed by atoms with Gasteiger partial charge in [0.25, 0.3) is 0 Å². The van der Waals surface area contributed by atoms with Gasteiger partial charge in [0.1, 0.15) is 0 Å². The zero-order valence-electron chi connectivity index (χ0n) is 12.4. The maximum atomic E-state index is 3.56. The Kier molecular flexibility index (Phi) is 5.77. The first-order valence-electron chi connectivity index (χ1n) is 7.54. The van der Waals surface area contributed by atoms with E-state index in [-0.39, 0.29) is 0 Å². The third-order valence-corrected chi connectivity index (χ3v) is 5.46. The van der Waals surface area contributed by atoms with Crippen molar-refractivity contribution >= 4 is 11.8 Å². The Balaban J connectivity index is 1.89. The van der Waals surface area contributed by atoms with Crippen LogP contribution in [0.5, 0.6) is 0 Å². The Morgan fingerprint density at radius 3 is 2.32 bits per heavy atom. The summed E-state index contributed by atoms with van der Waals surface area (Å²) in [6, 6.07) is 11.4. The van der Waals surface area contributed by atoms with E-state index in [1.165, 1.54) is 29.9 Å². The van der Waals surface area contributed by atoms with Crippen molar-refractivity contribution in [2.24, 2.45) is 17.8 Å². The molecule has 1 saturated carbocycles. The Labute approximate surface area is 122 Å². The first-order chi connectivity index (χ1) is 9.19. The first kappa shape index (κ1) is 14.9. The maximum absolute atomic E-state index is 3.56. The van der Waals surface area contributed by atoms with Gasteiger partial charge in [0.2, 0.25) is 0 Å². The van der Waals surface area contributed by atoms with Gasteiger partial charge in [0.05, 0.1) is 0 Å². The molecule has 1 nitrogen and oxygen atoms in total. The summed E-state index contributed by atoms with van der Waals surface area (Å²) in [6.07, 6.45) is 4.20. The van der Waals surface area contributed by atoms with Crippen LogP contribution in [0.1, 0.15) is 33.1 Å². The van der Waals surface area contributed by atoms with Gasteiger partial charge in [-0.15, -0.1) is 11.8 Å². The molecule has 1 aromatic rings. The second-order valence-electron chi connectivity index (χ2n) is 6.20. The number of benzene rings is 1. The van der Waals surface area contributed by atoms with Crippen LogP contribution in [-0.4, -0.2) is 18.8 Å². The average Bonchev–Trinajstić information content (AvgIpc) is 2.39. The standard InChI is InChI=1S/C17H27NS/c1-13-9-14(2)11-15(10-13)17(18-3)12-19-16-7-5-4-6-8-16/h4-8,13-15,17-18H,9-12H2,1-3H3. The SMILES string of the molecule is CNC(CSc1ccccc1)C1CC(C)CC(C)C1. The lowest BCUT2D eigenvalue weighted by Gasteiger charge is -2.36. The monoisotopic (exact) mass is 277 g/mol. The van der Waals surface area contributed by atoms with Crippen LogP contribution in [0, 0.1) is 17.8 Å². The highest BCUT2D eigenvalue weighted by Gasteiger charge is 2.29. The van der Waals surface area contributed by atoms with Crippen LogP contribution in [0.2, 0.25) is 0 Å². The van der Waals surface area contributed by atoms with Gasteiger partial charge < -0.3 is 5.32 Å². The molecule has 1 aliphatic carbocycles. The van der Waals surface area contributed by atoms with E-state index in [0.29, 0.717) is 6.04 Å². The molecule has 1 aromatic carbocycles. The molecule has 0 bridgehead atoms. The van der Waals surface area contributed by atoms with E-state index in [1.54, 1.807) is 0 Å². The third kappa shape index (κ3) is 4.54. The molecule has 1 N–H and O–H groups in total. The highest BCUT2D eigenvalue weighted by Crippen LogP contribution is 2.36. The van der Waals surface area contributed by atoms with Crippen LogP contribution in [-0.2, 0) is 0 Å². The van der Waals surface area contributed by atoms with E-state index in [9.17, 15) is 0 Å². The maximum Gasteiger partial charge on any atom is 0.0187 e. The predicted octanol–water partition coefficient (Wildman–Crippen LogP) is 4.44. The lowest BCUT2D eigenvalue weighted by molar-refractivity contribution is 0.188. The van der Waals surface area contributed by atoms with Crippen LogP contribution in [0.3, 0.4) is 0 Å². The summed E-state index contributed by atoms with van der Waals surface area (Å²) in [6.45, 7) is 4.83. The first-order valence-corrected chi connectivity index (χ1v) is 8.52. The normalized spacial score (nSPS) is 29.1. The Hall–Kier alpha value is -0.470. The van der Waals surface area contributed by atoms with Gasteiger partial charge in [-0.25, -0.2) is 0 Å². The molecule has 2 heteroatoms. The van der Waals surface area contributed by atoms with Crippen molar-refractivity contribution in [3.63, 3.8) is 0 Å². The molecular weight excluding hydrogens is 250 g/mol. The van der Waals surface area contributed by atoms with Gasteiger partial charge in [-0.1, -0.05) is 32.0 Å². The molecule has 3 unspecified atom stereocenters. The Morgan fingerprint density at radius 2 is 1.74 bits per heavy atom. The molecule has 0 saturated heterocycles. The summed E-state index contributed by atoms with van der Waals surface area (Å²) in [4.78, 5) is 1.39. The predicted molar refractivity (Wildman–Crippen MR) is 85.7 cm³/mol. The van der Waals surface area contributed by atoms with Gasteiger partial charge >= 0.3 is 0 Å². The minimum Gasteiger partial charge on any atom is -0.316 e. The summed E-state index contributed by atoms with van der Waals surface area (Å²) in [5.74, 6) is 3.82. The molecule has 0 radical (unpaired) electrons. The van der Waals surface area contributed by atoms with Crippen molar-refractivity contribution in [2.75, 3.05) is 12.8 Å². The average molecular weight is 277 g/mol. The topological polar surface area (TPSA) is 12.0 Å². The van der Waals surface area contributed by atoms with Crippen LogP contribution >= 0.6 is 11.8 Å². The van der Waals surface area contributed by atoms with Gasteiger partial charge in [0, 0.05) is 16.7 Å². The fraction of sp³-hybridized carbons (Fsp3) is 0.647. The molecule has 19 heavy (non-hydrogen) atoms. The summed E-state index contributed by atoms with van der Waals surface area (Å²) >= 11 is 1.99. The lowest BCUT2D eigenvalue weighted by atomic mass is 9.74. The van der Waals surface area contributed by atoms with Crippen LogP contribution in [0.4, 0.5) is 0 Å². The lowest BCUT2D eigenvalue weighted by Crippen LogP contribution is -2.39. The minimum atomic E-state index is 0.649. The van der Waals surface area contributed by atoms with Crippen LogP contribution < -0.4 is 5.32 Å². The number of rotatable bonds is 5. The summed E-state index contributed by atoms with van der Waals surface area (Å²) in [5.41, 5.74) is 0. The molecule has 0 aliphatic heterocycles. The van der Waals surface area contributed by atoms with Crippen LogP contribution in [0.25, 0.3) is 0 Å². The largest absolute Gasteiger partial charge is 0.316 e. The molecule has 0 amide bonds. The van der Waals surface area contributed by atoms with E-state index in [1.807, 2.05) is 11.8 Å². The van der Waals surface area contributed by atoms with Gasteiger partial charge in [-0.2, -0.15) is 0 Å². The van der Waals surface area contributed by atoms with Crippen molar-refractivity contribution in [3.05, 3.63) is 30.3 Å². The molecule has 0 aromatic heterocycles. The molecule has 106 valence electrons. The highest BCUT2D eigenvalue weighted by atomic mass is 32.2. The molecule has 1 aliphatic rings. The van der Waals surface area contributed by atoms with Crippen molar-refractivity contribution in [3.8, 4) is 0 Å². The molecule has 1 fully saturated rings. The summed E-state index contributed by atoms with van der Waals surface area (Å²) < 4.78 is 0. The fourth-order valence-corrected chi connectivity index (χ4v) is 4.66. The number of hydrogen-bond donors (Lipinski definition) is 1. The van der Waals surface area contributed by atoms with E-state index >= 15 is 0 Å². The zero-order chi connectivity index (χ0) is 13.7.